The number of hydrogen-bond donors (Lipinski definition) is 2. The predicted octanol–water partition coefficient (Wildman–Crippen LogP) is 0.263. The van der Waals surface area contributed by atoms with Crippen LogP contribution in [0.1, 0.15) is 12.8 Å². The van der Waals surface area contributed by atoms with Crippen LogP contribution in [0.3, 0.4) is 0 Å². The number of halogens is 1. The first-order valence-corrected chi connectivity index (χ1v) is 9.43. The maximum atomic E-state index is 13.5. The average Bonchev–Trinajstić information content (AvgIpc) is 2.77. The fraction of sp³-hybridized carbons (Fsp3) is 0.400. The first kappa shape index (κ1) is 17.3. The normalized spacial score (nSPS) is 21.2. The zero-order valence-corrected chi connectivity index (χ0v) is 13.9. The van der Waals surface area contributed by atoms with E-state index in [0.29, 0.717) is 0 Å². The summed E-state index contributed by atoms with van der Waals surface area (Å²) in [5.41, 5.74) is -1.33. The average molecular weight is 369 g/mol. The molecule has 2 aliphatic rings. The van der Waals surface area contributed by atoms with Crippen LogP contribution in [0.5, 0.6) is 0 Å². The van der Waals surface area contributed by atoms with Gasteiger partial charge in [0.15, 0.2) is 9.84 Å². The van der Waals surface area contributed by atoms with E-state index in [2.05, 4.69) is 10.6 Å². The summed E-state index contributed by atoms with van der Waals surface area (Å²) in [6.45, 7) is -0.576. The van der Waals surface area contributed by atoms with Gasteiger partial charge < -0.3 is 10.6 Å². The number of urea groups is 1. The summed E-state index contributed by atoms with van der Waals surface area (Å²) in [6, 6.07) is 4.76. The van der Waals surface area contributed by atoms with Crippen LogP contribution in [-0.2, 0) is 19.4 Å². The highest BCUT2D eigenvalue weighted by atomic mass is 32.2. The highest BCUT2D eigenvalue weighted by Crippen LogP contribution is 2.30. The molecule has 0 saturated carbocycles. The van der Waals surface area contributed by atoms with Gasteiger partial charge in [-0.25, -0.2) is 17.6 Å². The molecule has 0 bridgehead atoms. The minimum atomic E-state index is -3.22. The molecule has 8 nitrogen and oxygen atoms in total. The number of hydrogen-bond acceptors (Lipinski definition) is 5. The predicted molar refractivity (Wildman–Crippen MR) is 85.9 cm³/mol. The Balaban J connectivity index is 1.69. The third kappa shape index (κ3) is 3.34. The molecule has 25 heavy (non-hydrogen) atoms. The number of sulfone groups is 1. The van der Waals surface area contributed by atoms with E-state index >= 15 is 0 Å². The first-order chi connectivity index (χ1) is 11.7. The lowest BCUT2D eigenvalue weighted by molar-refractivity contribution is -0.134. The molecule has 1 spiro atoms. The highest BCUT2D eigenvalue weighted by molar-refractivity contribution is 7.91. The molecular formula is C15H16FN3O5S. The first-order valence-electron chi connectivity index (χ1n) is 7.61. The molecule has 2 aliphatic heterocycles. The maximum absolute atomic E-state index is 13.5. The molecule has 3 rings (SSSR count). The van der Waals surface area contributed by atoms with Crippen LogP contribution in [0, 0.1) is 5.82 Å². The summed E-state index contributed by atoms with van der Waals surface area (Å²) in [5, 5.41) is 4.81. The lowest BCUT2D eigenvalue weighted by Gasteiger charge is -2.30. The second-order valence-corrected chi connectivity index (χ2v) is 8.39. The Bertz CT molecular complexity index is 840. The Morgan fingerprint density at radius 1 is 1.24 bits per heavy atom. The number of anilines is 1. The summed E-state index contributed by atoms with van der Waals surface area (Å²) < 4.78 is 36.6. The van der Waals surface area contributed by atoms with E-state index < -0.39 is 45.6 Å². The van der Waals surface area contributed by atoms with Crippen molar-refractivity contribution in [3.05, 3.63) is 30.1 Å². The van der Waals surface area contributed by atoms with Crippen LogP contribution >= 0.6 is 0 Å². The number of amides is 4. The molecule has 2 fully saturated rings. The van der Waals surface area contributed by atoms with Gasteiger partial charge in [-0.15, -0.1) is 0 Å². The molecule has 0 atom stereocenters. The van der Waals surface area contributed by atoms with E-state index in [0.717, 1.165) is 4.90 Å². The number of imide groups is 1. The largest absolute Gasteiger partial charge is 0.325 e. The Kier molecular flexibility index (Phi) is 4.23. The van der Waals surface area contributed by atoms with E-state index in [-0.39, 0.29) is 30.0 Å². The molecule has 134 valence electrons. The van der Waals surface area contributed by atoms with Crippen LogP contribution in [0.15, 0.2) is 24.3 Å². The minimum Gasteiger partial charge on any atom is -0.323 e. The molecule has 1 aromatic carbocycles. The molecule has 1 aromatic rings. The van der Waals surface area contributed by atoms with Gasteiger partial charge in [0.25, 0.3) is 5.91 Å². The number of carbonyl (C=O) groups is 3. The zero-order valence-electron chi connectivity index (χ0n) is 13.1. The Morgan fingerprint density at radius 3 is 2.52 bits per heavy atom. The molecule has 0 radical (unpaired) electrons. The van der Waals surface area contributed by atoms with E-state index in [9.17, 15) is 27.2 Å². The summed E-state index contributed by atoms with van der Waals surface area (Å²) in [4.78, 5) is 37.4. The lowest BCUT2D eigenvalue weighted by atomic mass is 9.92. The number of rotatable bonds is 3. The number of nitrogens with zero attached hydrogens (tertiary/aromatic N) is 1. The van der Waals surface area contributed by atoms with Crippen molar-refractivity contribution >= 4 is 33.4 Å². The second-order valence-electron chi connectivity index (χ2n) is 6.08. The van der Waals surface area contributed by atoms with Crippen molar-refractivity contribution in [2.75, 3.05) is 23.4 Å². The summed E-state index contributed by atoms with van der Waals surface area (Å²) in [6.07, 6.45) is -0.0450. The zero-order chi connectivity index (χ0) is 18.2. The second kappa shape index (κ2) is 6.10. The van der Waals surface area contributed by atoms with Crippen molar-refractivity contribution in [2.45, 2.75) is 18.4 Å². The fourth-order valence-electron chi connectivity index (χ4n) is 2.94. The number of para-hydroxylation sites is 1. The van der Waals surface area contributed by atoms with Gasteiger partial charge in [0.05, 0.1) is 17.2 Å². The van der Waals surface area contributed by atoms with E-state index in [1.165, 1.54) is 24.3 Å². The topological polar surface area (TPSA) is 113 Å². The van der Waals surface area contributed by atoms with Crippen LogP contribution in [-0.4, -0.2) is 54.8 Å². The Morgan fingerprint density at radius 2 is 1.88 bits per heavy atom. The van der Waals surface area contributed by atoms with Crippen molar-refractivity contribution in [3.63, 3.8) is 0 Å². The molecule has 0 unspecified atom stereocenters. The summed E-state index contributed by atoms with van der Waals surface area (Å²) >= 11 is 0. The van der Waals surface area contributed by atoms with E-state index in [1.54, 1.807) is 0 Å². The highest BCUT2D eigenvalue weighted by Gasteiger charge is 2.53. The third-order valence-corrected chi connectivity index (χ3v) is 6.03. The van der Waals surface area contributed by atoms with Gasteiger partial charge in [-0.2, -0.15) is 0 Å². The van der Waals surface area contributed by atoms with Crippen molar-refractivity contribution in [1.29, 1.82) is 0 Å². The third-order valence-electron chi connectivity index (χ3n) is 4.38. The number of carbonyl (C=O) groups excluding carboxylic acids is 3. The Labute approximate surface area is 143 Å². The van der Waals surface area contributed by atoms with Gasteiger partial charge in [0, 0.05) is 0 Å². The molecule has 2 N–H and O–H groups in total. The van der Waals surface area contributed by atoms with Crippen LogP contribution in [0.4, 0.5) is 14.9 Å². The molecule has 10 heteroatoms. The molecule has 0 aliphatic carbocycles. The molecule has 4 amide bonds. The summed E-state index contributed by atoms with van der Waals surface area (Å²) in [7, 11) is -3.22. The van der Waals surface area contributed by atoms with Crippen molar-refractivity contribution in [3.8, 4) is 0 Å². The van der Waals surface area contributed by atoms with E-state index in [1.807, 2.05) is 0 Å². The fourth-order valence-corrected chi connectivity index (χ4v) is 4.46. The van der Waals surface area contributed by atoms with Gasteiger partial charge in [0.2, 0.25) is 5.91 Å². The minimum absolute atomic E-state index is 0.0225. The molecule has 0 aromatic heterocycles. The molecule has 2 heterocycles. The standard InChI is InChI=1S/C15H16FN3O5S/c16-10-3-1-2-4-11(10)17-12(20)9-19-13(21)15(18-14(19)22)5-7-25(23,24)8-6-15/h1-4H,5-9H2,(H,17,20)(H,18,22). The van der Waals surface area contributed by atoms with Gasteiger partial charge in [-0.05, 0) is 25.0 Å². The number of nitrogens with one attached hydrogen (secondary N) is 2. The van der Waals surface area contributed by atoms with Gasteiger partial charge in [-0.3, -0.25) is 14.5 Å². The lowest BCUT2D eigenvalue weighted by Crippen LogP contribution is -2.52. The van der Waals surface area contributed by atoms with Gasteiger partial charge >= 0.3 is 6.03 Å². The molecular weight excluding hydrogens is 353 g/mol. The van der Waals surface area contributed by atoms with Gasteiger partial charge in [-0.1, -0.05) is 12.1 Å². The molecule has 2 saturated heterocycles. The van der Waals surface area contributed by atoms with Crippen LogP contribution in [0.25, 0.3) is 0 Å². The van der Waals surface area contributed by atoms with Crippen LogP contribution in [0.2, 0.25) is 0 Å². The summed E-state index contributed by atoms with van der Waals surface area (Å²) in [5.74, 6) is -2.39. The SMILES string of the molecule is O=C(CN1C(=O)NC2(CCS(=O)(=O)CC2)C1=O)Nc1ccccc1F. The van der Waals surface area contributed by atoms with Crippen molar-refractivity contribution < 1.29 is 27.2 Å². The monoisotopic (exact) mass is 369 g/mol. The van der Waals surface area contributed by atoms with Crippen LogP contribution < -0.4 is 10.6 Å². The smallest absolute Gasteiger partial charge is 0.323 e. The maximum Gasteiger partial charge on any atom is 0.325 e. The van der Waals surface area contributed by atoms with Crippen molar-refractivity contribution in [2.24, 2.45) is 0 Å². The quantitative estimate of drug-likeness (QED) is 0.743. The van der Waals surface area contributed by atoms with E-state index in [4.69, 9.17) is 0 Å². The van der Waals surface area contributed by atoms with Gasteiger partial charge in [0.1, 0.15) is 17.9 Å². The Hall–Kier alpha value is -2.49. The number of benzene rings is 1. The van der Waals surface area contributed by atoms with Crippen molar-refractivity contribution in [1.82, 2.24) is 10.2 Å².